The Morgan fingerprint density at radius 1 is 0.875 bits per heavy atom. The Hall–Kier alpha value is -3.66. The van der Waals surface area contributed by atoms with Gasteiger partial charge in [0.25, 0.3) is 0 Å². The van der Waals surface area contributed by atoms with Gasteiger partial charge < -0.3 is 9.64 Å². The minimum atomic E-state index is -4.99. The van der Waals surface area contributed by atoms with Crippen LogP contribution in [0.4, 0.5) is 30.7 Å². The normalized spacial score (nSPS) is 22.2. The molecule has 2 aliphatic heterocycles. The van der Waals surface area contributed by atoms with Crippen LogP contribution in [0.1, 0.15) is 53.2 Å². The van der Waals surface area contributed by atoms with Gasteiger partial charge in [0, 0.05) is 24.6 Å². The molecule has 1 amide bonds. The quantitative estimate of drug-likeness (QED) is 0.297. The number of hydrogen-bond acceptors (Lipinski definition) is 2. The second kappa shape index (κ2) is 10.4. The third kappa shape index (κ3) is 5.63. The van der Waals surface area contributed by atoms with Crippen LogP contribution in [0.25, 0.3) is 5.57 Å². The second-order valence-corrected chi connectivity index (χ2v) is 10.0. The number of rotatable bonds is 5. The number of carbonyl (C=O) groups is 1. The SMILES string of the molecule is C[C@@H](O[C@H]1CN2C(=O)C=C(c3ccccc3)CC2C1c1ccc(F)cc1)c1cc(C(F)(F)F)cc(C(F)(F)F)c1. The lowest BCUT2D eigenvalue weighted by molar-refractivity contribution is -0.143. The van der Waals surface area contributed by atoms with Gasteiger partial charge in [-0.25, -0.2) is 4.39 Å². The molecule has 2 aliphatic rings. The van der Waals surface area contributed by atoms with Crippen LogP contribution in [0.15, 0.2) is 78.9 Å². The van der Waals surface area contributed by atoms with Gasteiger partial charge in [-0.2, -0.15) is 26.3 Å². The standard InChI is InChI=1S/C30H24F7NO2/c1-17(20-11-22(29(32,33)34)15-23(12-20)30(35,36)37)40-26-16-38-25(28(26)19-7-9-24(31)10-8-19)13-21(14-27(38)39)18-5-3-2-4-6-18/h2-12,14-15,17,25-26,28H,13,16H2,1H3/t17-,25?,26+,28?/m1/s1. The molecule has 0 bridgehead atoms. The van der Waals surface area contributed by atoms with E-state index in [1.807, 2.05) is 30.3 Å². The van der Waals surface area contributed by atoms with Crippen LogP contribution >= 0.6 is 0 Å². The molecule has 0 aromatic heterocycles. The van der Waals surface area contributed by atoms with Crippen molar-refractivity contribution >= 4 is 11.5 Å². The molecule has 0 spiro atoms. The zero-order chi connectivity index (χ0) is 28.8. The summed E-state index contributed by atoms with van der Waals surface area (Å²) in [5.74, 6) is -1.26. The molecule has 3 nitrogen and oxygen atoms in total. The van der Waals surface area contributed by atoms with E-state index in [1.54, 1.807) is 17.0 Å². The Morgan fingerprint density at radius 3 is 2.05 bits per heavy atom. The van der Waals surface area contributed by atoms with Gasteiger partial charge in [0.15, 0.2) is 0 Å². The van der Waals surface area contributed by atoms with Crippen molar-refractivity contribution in [1.29, 1.82) is 0 Å². The summed E-state index contributed by atoms with van der Waals surface area (Å²) in [5.41, 5.74) is -0.861. The maximum Gasteiger partial charge on any atom is 0.416 e. The number of halogens is 7. The van der Waals surface area contributed by atoms with E-state index >= 15 is 0 Å². The summed E-state index contributed by atoms with van der Waals surface area (Å²) in [5, 5.41) is 0. The highest BCUT2D eigenvalue weighted by Crippen LogP contribution is 2.45. The van der Waals surface area contributed by atoms with Gasteiger partial charge in [0.2, 0.25) is 5.91 Å². The van der Waals surface area contributed by atoms with Crippen molar-refractivity contribution in [3.05, 3.63) is 113 Å². The van der Waals surface area contributed by atoms with Crippen LogP contribution in [0.2, 0.25) is 0 Å². The van der Waals surface area contributed by atoms with Crippen LogP contribution in [0, 0.1) is 5.82 Å². The van der Waals surface area contributed by atoms with Gasteiger partial charge in [0.1, 0.15) is 5.82 Å². The number of carbonyl (C=O) groups excluding carboxylic acids is 1. The molecule has 2 heterocycles. The van der Waals surface area contributed by atoms with Crippen molar-refractivity contribution in [2.45, 2.75) is 49.9 Å². The number of ether oxygens (including phenoxy) is 1. The Bertz CT molecular complexity index is 1380. The van der Waals surface area contributed by atoms with Gasteiger partial charge in [-0.05, 0) is 65.9 Å². The number of alkyl halides is 6. The van der Waals surface area contributed by atoms with Crippen LogP contribution in [0.3, 0.4) is 0 Å². The van der Waals surface area contributed by atoms with Crippen molar-refractivity contribution in [3.63, 3.8) is 0 Å². The number of fused-ring (bicyclic) bond motifs is 1. The highest BCUT2D eigenvalue weighted by molar-refractivity contribution is 5.97. The van der Waals surface area contributed by atoms with E-state index in [1.165, 1.54) is 25.1 Å². The molecule has 0 aliphatic carbocycles. The molecule has 40 heavy (non-hydrogen) atoms. The molecule has 1 fully saturated rings. The van der Waals surface area contributed by atoms with Crippen LogP contribution in [-0.2, 0) is 21.9 Å². The first-order valence-corrected chi connectivity index (χ1v) is 12.6. The van der Waals surface area contributed by atoms with E-state index in [4.69, 9.17) is 4.74 Å². The average molecular weight is 564 g/mol. The molecule has 2 unspecified atom stereocenters. The summed E-state index contributed by atoms with van der Waals surface area (Å²) in [4.78, 5) is 14.8. The molecular weight excluding hydrogens is 539 g/mol. The highest BCUT2D eigenvalue weighted by atomic mass is 19.4. The Labute approximate surface area is 225 Å². The van der Waals surface area contributed by atoms with E-state index in [9.17, 15) is 35.5 Å². The van der Waals surface area contributed by atoms with Crippen LogP contribution in [0.5, 0.6) is 0 Å². The lowest BCUT2D eigenvalue weighted by Crippen LogP contribution is -2.39. The van der Waals surface area contributed by atoms with Crippen molar-refractivity contribution in [2.24, 2.45) is 0 Å². The second-order valence-electron chi connectivity index (χ2n) is 10.0. The smallest absolute Gasteiger partial charge is 0.368 e. The summed E-state index contributed by atoms with van der Waals surface area (Å²) >= 11 is 0. The number of amides is 1. The first-order valence-electron chi connectivity index (χ1n) is 12.6. The van der Waals surface area contributed by atoms with Crippen molar-refractivity contribution in [2.75, 3.05) is 6.54 Å². The zero-order valence-electron chi connectivity index (χ0n) is 21.1. The molecule has 4 atom stereocenters. The monoisotopic (exact) mass is 563 g/mol. The third-order valence-electron chi connectivity index (χ3n) is 7.46. The third-order valence-corrected chi connectivity index (χ3v) is 7.46. The van der Waals surface area contributed by atoms with E-state index in [0.29, 0.717) is 24.1 Å². The average Bonchev–Trinajstić information content (AvgIpc) is 3.26. The van der Waals surface area contributed by atoms with Crippen LogP contribution < -0.4 is 0 Å². The van der Waals surface area contributed by atoms with Crippen molar-refractivity contribution < 1.29 is 40.3 Å². The fourth-order valence-corrected chi connectivity index (χ4v) is 5.55. The maximum absolute atomic E-state index is 13.8. The summed E-state index contributed by atoms with van der Waals surface area (Å²) in [6, 6.07) is 15.9. The predicted octanol–water partition coefficient (Wildman–Crippen LogP) is 7.79. The van der Waals surface area contributed by atoms with Crippen molar-refractivity contribution in [1.82, 2.24) is 4.90 Å². The van der Waals surface area contributed by atoms with Gasteiger partial charge in [-0.1, -0.05) is 42.5 Å². The number of nitrogens with zero attached hydrogens (tertiary/aromatic N) is 1. The minimum Gasteiger partial charge on any atom is -0.368 e. The molecule has 0 radical (unpaired) electrons. The van der Waals surface area contributed by atoms with E-state index in [2.05, 4.69) is 0 Å². The fourth-order valence-electron chi connectivity index (χ4n) is 5.55. The maximum atomic E-state index is 13.8. The topological polar surface area (TPSA) is 29.5 Å². The molecule has 5 rings (SSSR count). The Morgan fingerprint density at radius 2 is 1.48 bits per heavy atom. The first kappa shape index (κ1) is 27.9. The predicted molar refractivity (Wildman–Crippen MR) is 133 cm³/mol. The molecule has 3 aromatic rings. The summed E-state index contributed by atoms with van der Waals surface area (Å²) in [6.45, 7) is 1.45. The van der Waals surface area contributed by atoms with E-state index in [-0.39, 0.29) is 24.1 Å². The first-order chi connectivity index (χ1) is 18.8. The Kier molecular flexibility index (Phi) is 7.24. The van der Waals surface area contributed by atoms with Gasteiger partial charge in [0.05, 0.1) is 23.3 Å². The lowest BCUT2D eigenvalue weighted by atomic mass is 9.83. The number of hydrogen-bond donors (Lipinski definition) is 0. The largest absolute Gasteiger partial charge is 0.416 e. The molecule has 210 valence electrons. The van der Waals surface area contributed by atoms with E-state index in [0.717, 1.165) is 11.1 Å². The fraction of sp³-hybridized carbons (Fsp3) is 0.300. The van der Waals surface area contributed by atoms with Crippen LogP contribution in [-0.4, -0.2) is 29.5 Å². The lowest BCUT2D eigenvalue weighted by Gasteiger charge is -2.33. The molecule has 0 saturated carbocycles. The molecule has 1 saturated heterocycles. The number of benzene rings is 3. The summed E-state index contributed by atoms with van der Waals surface area (Å²) < 4.78 is 101. The minimum absolute atomic E-state index is 0.0690. The molecular formula is C30H24F7NO2. The molecule has 0 N–H and O–H groups in total. The van der Waals surface area contributed by atoms with Gasteiger partial charge in [-0.3, -0.25) is 4.79 Å². The Balaban J connectivity index is 1.49. The summed E-state index contributed by atoms with van der Waals surface area (Å²) in [6.07, 6.45) is -9.97. The van der Waals surface area contributed by atoms with E-state index < -0.39 is 53.5 Å². The zero-order valence-corrected chi connectivity index (χ0v) is 21.1. The highest BCUT2D eigenvalue weighted by Gasteiger charge is 2.48. The van der Waals surface area contributed by atoms with Crippen molar-refractivity contribution in [3.8, 4) is 0 Å². The van der Waals surface area contributed by atoms with Gasteiger partial charge in [-0.15, -0.1) is 0 Å². The summed E-state index contributed by atoms with van der Waals surface area (Å²) in [7, 11) is 0. The molecule has 10 heteroatoms. The molecule has 3 aromatic carbocycles. The van der Waals surface area contributed by atoms with Gasteiger partial charge >= 0.3 is 12.4 Å².